The van der Waals surface area contributed by atoms with E-state index in [0.717, 1.165) is 89.9 Å². The number of nitrogens with zero attached hydrogens (tertiary/aromatic N) is 1. The van der Waals surface area contributed by atoms with E-state index in [-0.39, 0.29) is 32.0 Å². The Balaban J connectivity index is 4.02. The van der Waals surface area contributed by atoms with Gasteiger partial charge in [0.25, 0.3) is 7.82 Å². The second-order valence-electron chi connectivity index (χ2n) is 25.9. The first-order chi connectivity index (χ1) is 42.5. The molecule has 0 aromatic heterocycles. The number of carbonyl (C=O) groups excluding carboxylic acids is 2. The zero-order chi connectivity index (χ0) is 63.4. The Kier molecular flexibility index (Phi) is 65.4. The minimum Gasteiger partial charge on any atom is -0.756 e. The zero-order valence-corrected chi connectivity index (χ0v) is 58.6. The summed E-state index contributed by atoms with van der Waals surface area (Å²) in [5.41, 5.74) is 0. The number of hydrogen-bond donors (Lipinski definition) is 0. The lowest BCUT2D eigenvalue weighted by atomic mass is 10.0. The largest absolute Gasteiger partial charge is 0.756 e. The van der Waals surface area contributed by atoms with E-state index in [1.54, 1.807) is 0 Å². The maximum atomic E-state index is 12.9. The van der Waals surface area contributed by atoms with E-state index in [1.807, 2.05) is 21.1 Å². The summed E-state index contributed by atoms with van der Waals surface area (Å²) in [4.78, 5) is 38.1. The van der Waals surface area contributed by atoms with Gasteiger partial charge in [0.1, 0.15) is 19.8 Å². The fourth-order valence-electron chi connectivity index (χ4n) is 10.6. The molecule has 0 aliphatic carbocycles. The number of unbranched alkanes of at least 4 members (excludes halogenated alkanes) is 40. The third kappa shape index (κ3) is 72.1. The van der Waals surface area contributed by atoms with Crippen LogP contribution in [0.25, 0.3) is 0 Å². The average Bonchev–Trinajstić information content (AvgIpc) is 3.50. The van der Waals surface area contributed by atoms with Gasteiger partial charge in [-0.2, -0.15) is 0 Å². The monoisotopic (exact) mass is 1240 g/mol. The molecule has 10 heteroatoms. The summed E-state index contributed by atoms with van der Waals surface area (Å²) in [6, 6.07) is 0. The van der Waals surface area contributed by atoms with E-state index in [0.29, 0.717) is 17.4 Å². The van der Waals surface area contributed by atoms with Gasteiger partial charge in [-0.1, -0.05) is 343 Å². The number of rotatable bonds is 68. The number of phosphoric ester groups is 1. The van der Waals surface area contributed by atoms with Gasteiger partial charge in [0.15, 0.2) is 6.10 Å². The SMILES string of the molecule is CC/C=C\C/C=C\C/C=C\C/C=C\C/C=C\C/C=C\C/C=C\CCCCCCCCCCCCCC(=O)OC(COC(=O)CCCCCCCCCCCCCCCCCCCCCCCCCCCCCCCC)COP(=O)([O-])OCC[N+](C)(C)C. The van der Waals surface area contributed by atoms with Crippen molar-refractivity contribution in [3.8, 4) is 0 Å². The van der Waals surface area contributed by atoms with Crippen LogP contribution in [0.15, 0.2) is 85.1 Å². The maximum Gasteiger partial charge on any atom is 0.306 e. The number of hydrogen-bond acceptors (Lipinski definition) is 8. The highest BCUT2D eigenvalue weighted by Crippen LogP contribution is 2.38. The van der Waals surface area contributed by atoms with Crippen LogP contribution in [0.3, 0.4) is 0 Å². The molecule has 0 aromatic carbocycles. The first-order valence-corrected chi connectivity index (χ1v) is 38.3. The Morgan fingerprint density at radius 1 is 0.368 bits per heavy atom. The second-order valence-corrected chi connectivity index (χ2v) is 27.3. The lowest BCUT2D eigenvalue weighted by molar-refractivity contribution is -0.870. The fraction of sp³-hybridized carbons (Fsp3) is 0.792. The van der Waals surface area contributed by atoms with Crippen LogP contribution < -0.4 is 4.89 Å². The summed E-state index contributed by atoms with van der Waals surface area (Å²) < 4.78 is 34.4. The summed E-state index contributed by atoms with van der Waals surface area (Å²) in [5.74, 6) is -0.824. The summed E-state index contributed by atoms with van der Waals surface area (Å²) >= 11 is 0. The van der Waals surface area contributed by atoms with Gasteiger partial charge in [-0.15, -0.1) is 0 Å². The van der Waals surface area contributed by atoms with E-state index in [9.17, 15) is 19.0 Å². The van der Waals surface area contributed by atoms with Crippen LogP contribution in [0.5, 0.6) is 0 Å². The Morgan fingerprint density at radius 3 is 0.977 bits per heavy atom. The smallest absolute Gasteiger partial charge is 0.306 e. The molecule has 2 atom stereocenters. The lowest BCUT2D eigenvalue weighted by Gasteiger charge is -2.28. The second kappa shape index (κ2) is 67.6. The topological polar surface area (TPSA) is 111 Å². The van der Waals surface area contributed by atoms with Gasteiger partial charge < -0.3 is 27.9 Å². The molecular formula is C77H140NO8P. The van der Waals surface area contributed by atoms with E-state index >= 15 is 0 Å². The molecule has 87 heavy (non-hydrogen) atoms. The number of quaternary nitrogens is 1. The quantitative estimate of drug-likeness (QED) is 0.0195. The van der Waals surface area contributed by atoms with Crippen molar-refractivity contribution in [1.29, 1.82) is 0 Å². The Labute approximate surface area is 539 Å². The van der Waals surface area contributed by atoms with Crippen molar-refractivity contribution in [3.05, 3.63) is 85.1 Å². The van der Waals surface area contributed by atoms with Crippen LogP contribution in [0.2, 0.25) is 0 Å². The summed E-state index contributed by atoms with van der Waals surface area (Å²) in [5, 5.41) is 0. The molecule has 9 nitrogen and oxygen atoms in total. The minimum absolute atomic E-state index is 0.0326. The lowest BCUT2D eigenvalue weighted by Crippen LogP contribution is -2.37. The highest BCUT2D eigenvalue weighted by Gasteiger charge is 2.22. The van der Waals surface area contributed by atoms with Crippen LogP contribution in [0.1, 0.15) is 341 Å². The third-order valence-corrected chi connectivity index (χ3v) is 17.1. The molecular weight excluding hydrogens is 1100 g/mol. The van der Waals surface area contributed by atoms with E-state index in [4.69, 9.17) is 18.5 Å². The molecule has 0 saturated heterocycles. The van der Waals surface area contributed by atoms with Crippen LogP contribution in [0, 0.1) is 0 Å². The van der Waals surface area contributed by atoms with Gasteiger partial charge in [-0.05, 0) is 70.6 Å². The van der Waals surface area contributed by atoms with Crippen molar-refractivity contribution in [2.45, 2.75) is 347 Å². The average molecular weight is 1240 g/mol. The molecule has 0 saturated carbocycles. The van der Waals surface area contributed by atoms with Crippen LogP contribution in [-0.4, -0.2) is 70.0 Å². The first-order valence-electron chi connectivity index (χ1n) is 36.8. The molecule has 0 spiro atoms. The molecule has 0 heterocycles. The standard InChI is InChI=1S/C77H140NO8P/c1-6-8-10-12-14-16-18-20-22-24-26-28-30-32-34-36-38-39-40-42-44-46-48-50-52-54-56-58-60-62-64-66-68-70-77(80)86-75(74-85-87(81,82)84-72-71-78(3,4)5)73-83-76(79)69-67-65-63-61-59-57-55-53-51-49-47-45-43-41-37-35-33-31-29-27-25-23-21-19-17-15-13-11-9-7-2/h8,10,14,16,20,22,26,28,32,34,38-39,42,44,75H,6-7,9,11-13,15,17-19,21,23-25,27,29-31,33,35-37,40-41,43,45-74H2,1-5H3/b10-8-,16-14-,22-20-,28-26-,34-32-,39-38-,44-42-. The van der Waals surface area contributed by atoms with Crippen molar-refractivity contribution in [2.75, 3.05) is 47.5 Å². The molecule has 0 aromatic rings. The molecule has 2 unspecified atom stereocenters. The molecule has 0 aliphatic rings. The van der Waals surface area contributed by atoms with Crippen molar-refractivity contribution < 1.29 is 42.1 Å². The van der Waals surface area contributed by atoms with Gasteiger partial charge in [0.05, 0.1) is 27.7 Å². The minimum atomic E-state index is -4.65. The predicted molar refractivity (Wildman–Crippen MR) is 374 cm³/mol. The first kappa shape index (κ1) is 84.2. The van der Waals surface area contributed by atoms with Gasteiger partial charge >= 0.3 is 11.9 Å². The van der Waals surface area contributed by atoms with Crippen molar-refractivity contribution >= 4 is 19.8 Å². The molecule has 0 aliphatic heterocycles. The number of esters is 2. The Hall–Kier alpha value is -2.81. The van der Waals surface area contributed by atoms with Crippen LogP contribution >= 0.6 is 7.82 Å². The molecule has 0 radical (unpaired) electrons. The molecule has 506 valence electrons. The molecule has 0 amide bonds. The van der Waals surface area contributed by atoms with Crippen molar-refractivity contribution in [1.82, 2.24) is 0 Å². The van der Waals surface area contributed by atoms with Crippen LogP contribution in [0.4, 0.5) is 0 Å². The summed E-state index contributed by atoms with van der Waals surface area (Å²) in [6.45, 7) is 4.17. The van der Waals surface area contributed by atoms with E-state index in [1.165, 1.54) is 218 Å². The number of likely N-dealkylation sites (N-methyl/N-ethyl adjacent to an activating group) is 1. The van der Waals surface area contributed by atoms with Gasteiger partial charge in [0.2, 0.25) is 0 Å². The zero-order valence-electron chi connectivity index (χ0n) is 57.7. The van der Waals surface area contributed by atoms with Crippen LogP contribution in [-0.2, 0) is 32.7 Å². The molecule has 0 rings (SSSR count). The van der Waals surface area contributed by atoms with Crippen molar-refractivity contribution in [3.63, 3.8) is 0 Å². The molecule has 0 fully saturated rings. The fourth-order valence-corrected chi connectivity index (χ4v) is 11.3. The van der Waals surface area contributed by atoms with Gasteiger partial charge in [0, 0.05) is 12.8 Å². The molecule has 0 bridgehead atoms. The summed E-state index contributed by atoms with van der Waals surface area (Å²) in [7, 11) is 1.17. The predicted octanol–water partition coefficient (Wildman–Crippen LogP) is 23.5. The van der Waals surface area contributed by atoms with E-state index in [2.05, 4.69) is 98.9 Å². The third-order valence-electron chi connectivity index (χ3n) is 16.2. The van der Waals surface area contributed by atoms with E-state index < -0.39 is 26.5 Å². The Morgan fingerprint density at radius 2 is 0.655 bits per heavy atom. The molecule has 0 N–H and O–H groups in total. The van der Waals surface area contributed by atoms with Gasteiger partial charge in [-0.3, -0.25) is 14.2 Å². The summed E-state index contributed by atoms with van der Waals surface area (Å²) in [6.07, 6.45) is 92.5. The number of phosphoric acid groups is 1. The number of carbonyl (C=O) groups is 2. The highest BCUT2D eigenvalue weighted by molar-refractivity contribution is 7.45. The maximum absolute atomic E-state index is 12.9. The Bertz CT molecular complexity index is 1740. The number of allylic oxidation sites excluding steroid dienone is 14. The van der Waals surface area contributed by atoms with Crippen molar-refractivity contribution in [2.24, 2.45) is 0 Å². The highest BCUT2D eigenvalue weighted by atomic mass is 31.2. The number of ether oxygens (including phenoxy) is 2. The van der Waals surface area contributed by atoms with Gasteiger partial charge in [-0.25, -0.2) is 0 Å². The normalized spacial score (nSPS) is 13.6.